The van der Waals surface area contributed by atoms with E-state index in [0.29, 0.717) is 0 Å². The predicted octanol–water partition coefficient (Wildman–Crippen LogP) is 3.20. The molecule has 92 valence electrons. The number of hydrogen-bond acceptors (Lipinski definition) is 1. The monoisotopic (exact) mass is 238 g/mol. The van der Waals surface area contributed by atoms with Crippen LogP contribution in [0.15, 0.2) is 0 Å². The number of rotatable bonds is 3. The van der Waals surface area contributed by atoms with Crippen molar-refractivity contribution in [1.82, 2.24) is 0 Å². The van der Waals surface area contributed by atoms with Crippen LogP contribution in [0.1, 0.15) is 20.8 Å². The molecule has 0 aliphatic rings. The highest BCUT2D eigenvalue weighted by molar-refractivity contribution is 5.79. The van der Waals surface area contributed by atoms with Gasteiger partial charge in [0, 0.05) is 0 Å². The summed E-state index contributed by atoms with van der Waals surface area (Å²) < 4.78 is 61.2. The second-order valence-electron chi connectivity index (χ2n) is 3.45. The third kappa shape index (κ3) is 3.39. The topological polar surface area (TPSA) is 17.1 Å². The van der Waals surface area contributed by atoms with E-state index in [2.05, 4.69) is 0 Å². The summed E-state index contributed by atoms with van der Waals surface area (Å²) in [4.78, 5) is 10.7. The van der Waals surface area contributed by atoms with Gasteiger partial charge in [-0.25, -0.2) is 0 Å². The normalized spacial score (nSPS) is 14.7. The van der Waals surface area contributed by atoms with Gasteiger partial charge in [-0.3, -0.25) is 9.50 Å². The first-order valence-corrected chi connectivity index (χ1v) is 3.96. The molecular weight excluding hydrogens is 226 g/mol. The van der Waals surface area contributed by atoms with E-state index in [9.17, 15) is 26.7 Å². The molecular formula is C8H12F6O. The third-order valence-corrected chi connectivity index (χ3v) is 1.87. The molecule has 1 unspecified atom stereocenters. The number of hydrogen-bond donors (Lipinski definition) is 0. The lowest BCUT2D eigenvalue weighted by Crippen LogP contribution is -2.48. The maximum Gasteiger partial charge on any atom is 0.454 e. The van der Waals surface area contributed by atoms with Crippen LogP contribution in [0.3, 0.4) is 0 Å². The summed E-state index contributed by atoms with van der Waals surface area (Å²) in [6.07, 6.45) is -5.67. The minimum Gasteiger partial charge on any atom is -0.299 e. The Morgan fingerprint density at radius 3 is 1.47 bits per heavy atom. The molecule has 0 aliphatic heterocycles. The zero-order valence-corrected chi connectivity index (χ0v) is 8.36. The third-order valence-electron chi connectivity index (χ3n) is 1.87. The SMILES string of the molecule is CC(=O)C(C(C)C)C(F)(F)C(F)(F)F.F. The fourth-order valence-electron chi connectivity index (χ4n) is 1.32. The second kappa shape index (κ2) is 4.85. The Morgan fingerprint density at radius 1 is 1.07 bits per heavy atom. The highest BCUT2D eigenvalue weighted by Gasteiger charge is 2.64. The van der Waals surface area contributed by atoms with Crippen molar-refractivity contribution >= 4 is 5.78 Å². The quantitative estimate of drug-likeness (QED) is 0.690. The van der Waals surface area contributed by atoms with Gasteiger partial charge in [0.15, 0.2) is 0 Å². The molecule has 0 spiro atoms. The number of alkyl halides is 5. The van der Waals surface area contributed by atoms with E-state index in [0.717, 1.165) is 20.8 Å². The molecule has 0 aromatic rings. The molecule has 0 bridgehead atoms. The van der Waals surface area contributed by atoms with Gasteiger partial charge < -0.3 is 0 Å². The number of carbonyl (C=O) groups excluding carboxylic acids is 1. The molecule has 0 aliphatic carbocycles. The van der Waals surface area contributed by atoms with Gasteiger partial charge in [-0.2, -0.15) is 22.0 Å². The average Bonchev–Trinajstić information content (AvgIpc) is 1.79. The van der Waals surface area contributed by atoms with Gasteiger partial charge in [0.2, 0.25) is 0 Å². The number of ketones is 1. The lowest BCUT2D eigenvalue weighted by Gasteiger charge is -2.29. The van der Waals surface area contributed by atoms with Crippen LogP contribution in [0.25, 0.3) is 0 Å². The summed E-state index contributed by atoms with van der Waals surface area (Å²) in [6, 6.07) is 0. The molecule has 0 radical (unpaired) electrons. The first-order valence-electron chi connectivity index (χ1n) is 3.96. The molecule has 0 N–H and O–H groups in total. The van der Waals surface area contributed by atoms with Crippen molar-refractivity contribution in [2.24, 2.45) is 11.8 Å². The van der Waals surface area contributed by atoms with Crippen molar-refractivity contribution in [2.45, 2.75) is 32.9 Å². The van der Waals surface area contributed by atoms with Gasteiger partial charge in [0.05, 0.1) is 5.92 Å². The van der Waals surface area contributed by atoms with Crippen molar-refractivity contribution in [1.29, 1.82) is 0 Å². The lowest BCUT2D eigenvalue weighted by atomic mass is 9.86. The van der Waals surface area contributed by atoms with Crippen LogP contribution in [0.4, 0.5) is 26.7 Å². The zero-order valence-electron chi connectivity index (χ0n) is 8.36. The molecule has 0 aromatic carbocycles. The lowest BCUT2D eigenvalue weighted by molar-refractivity contribution is -0.302. The minimum absolute atomic E-state index is 0. The van der Waals surface area contributed by atoms with E-state index >= 15 is 0 Å². The molecule has 0 fully saturated rings. The van der Waals surface area contributed by atoms with E-state index in [4.69, 9.17) is 0 Å². The van der Waals surface area contributed by atoms with Gasteiger partial charge in [-0.05, 0) is 12.8 Å². The van der Waals surface area contributed by atoms with Crippen LogP contribution in [-0.4, -0.2) is 17.9 Å². The smallest absolute Gasteiger partial charge is 0.299 e. The maximum absolute atomic E-state index is 12.8. The second-order valence-corrected chi connectivity index (χ2v) is 3.45. The van der Waals surface area contributed by atoms with Crippen molar-refractivity contribution in [3.05, 3.63) is 0 Å². The van der Waals surface area contributed by atoms with Gasteiger partial charge >= 0.3 is 12.1 Å². The average molecular weight is 238 g/mol. The Labute approximate surface area is 83.0 Å². The Morgan fingerprint density at radius 2 is 1.40 bits per heavy atom. The van der Waals surface area contributed by atoms with Crippen molar-refractivity contribution in [2.75, 3.05) is 0 Å². The van der Waals surface area contributed by atoms with Gasteiger partial charge in [0.1, 0.15) is 5.78 Å². The fourth-order valence-corrected chi connectivity index (χ4v) is 1.32. The predicted molar refractivity (Wildman–Crippen MR) is 42.5 cm³/mol. The standard InChI is InChI=1S/C8H11F5O.FH/c1-4(2)6(5(3)14)7(9,10)8(11,12)13;/h4,6H,1-3H3;1H. The highest BCUT2D eigenvalue weighted by atomic mass is 19.4. The van der Waals surface area contributed by atoms with Crippen molar-refractivity contribution in [3.63, 3.8) is 0 Å². The molecule has 1 atom stereocenters. The van der Waals surface area contributed by atoms with Crippen LogP contribution >= 0.6 is 0 Å². The van der Waals surface area contributed by atoms with Crippen LogP contribution < -0.4 is 0 Å². The summed E-state index contributed by atoms with van der Waals surface area (Å²) in [5.41, 5.74) is 0. The first kappa shape index (κ1) is 16.7. The van der Waals surface area contributed by atoms with Crippen LogP contribution in [-0.2, 0) is 4.79 Å². The summed E-state index contributed by atoms with van der Waals surface area (Å²) in [6.45, 7) is 3.06. The Hall–Kier alpha value is -0.750. The maximum atomic E-state index is 12.8. The Balaban J connectivity index is 0. The minimum atomic E-state index is -5.67. The zero-order chi connectivity index (χ0) is 11.7. The van der Waals surface area contributed by atoms with Crippen molar-refractivity contribution < 1.29 is 31.5 Å². The molecule has 0 heterocycles. The number of carbonyl (C=O) groups is 1. The van der Waals surface area contributed by atoms with E-state index in [-0.39, 0.29) is 4.70 Å². The van der Waals surface area contributed by atoms with E-state index in [1.54, 1.807) is 0 Å². The molecule has 1 nitrogen and oxygen atoms in total. The molecule has 15 heavy (non-hydrogen) atoms. The van der Waals surface area contributed by atoms with Crippen LogP contribution in [0, 0.1) is 11.8 Å². The van der Waals surface area contributed by atoms with E-state index < -0.39 is 29.7 Å². The van der Waals surface area contributed by atoms with Crippen molar-refractivity contribution in [3.8, 4) is 0 Å². The van der Waals surface area contributed by atoms with Gasteiger partial charge in [0.25, 0.3) is 0 Å². The molecule has 7 heteroatoms. The Kier molecular flexibility index (Phi) is 5.39. The van der Waals surface area contributed by atoms with Crippen LogP contribution in [0.2, 0.25) is 0 Å². The summed E-state index contributed by atoms with van der Waals surface area (Å²) in [5.74, 6) is -9.46. The molecule has 0 amide bonds. The fraction of sp³-hybridized carbons (Fsp3) is 0.875. The molecule has 0 aromatic heterocycles. The molecule has 0 rings (SSSR count). The van der Waals surface area contributed by atoms with E-state index in [1.807, 2.05) is 0 Å². The first-order chi connectivity index (χ1) is 6.01. The molecule has 0 saturated heterocycles. The number of halogens is 6. The van der Waals surface area contributed by atoms with Crippen LogP contribution in [0.5, 0.6) is 0 Å². The highest BCUT2D eigenvalue weighted by Crippen LogP contribution is 2.44. The summed E-state index contributed by atoms with van der Waals surface area (Å²) >= 11 is 0. The number of Topliss-reactive ketones (excluding diaryl/α,β-unsaturated/α-hetero) is 1. The van der Waals surface area contributed by atoms with Gasteiger partial charge in [-0.15, -0.1) is 0 Å². The Bertz CT molecular complexity index is 220. The summed E-state index contributed by atoms with van der Waals surface area (Å²) in [7, 11) is 0. The largest absolute Gasteiger partial charge is 0.454 e. The van der Waals surface area contributed by atoms with E-state index in [1.165, 1.54) is 0 Å². The summed E-state index contributed by atoms with van der Waals surface area (Å²) in [5, 5.41) is 0. The van der Waals surface area contributed by atoms with Gasteiger partial charge in [-0.1, -0.05) is 13.8 Å². The molecule has 0 saturated carbocycles.